The van der Waals surface area contributed by atoms with Gasteiger partial charge >= 0.3 is 0 Å². The number of carbonyl (C=O) groups excluding carboxylic acids is 1. The Bertz CT molecular complexity index is 1280. The van der Waals surface area contributed by atoms with Gasteiger partial charge in [-0.05, 0) is 54.1 Å². The van der Waals surface area contributed by atoms with Gasteiger partial charge in [-0.1, -0.05) is 44.2 Å². The summed E-state index contributed by atoms with van der Waals surface area (Å²) in [7, 11) is 1.80. The van der Waals surface area contributed by atoms with Crippen LogP contribution in [0.15, 0.2) is 70.8 Å². The molecule has 5 nitrogen and oxygen atoms in total. The molecule has 0 spiro atoms. The minimum Gasteiger partial charge on any atom is -0.335 e. The van der Waals surface area contributed by atoms with E-state index in [1.807, 2.05) is 66.9 Å². The molecule has 0 saturated carbocycles. The summed E-state index contributed by atoms with van der Waals surface area (Å²) in [5, 5.41) is 2.54. The monoisotopic (exact) mass is 445 g/mol. The maximum atomic E-state index is 13.6. The van der Waals surface area contributed by atoms with Crippen molar-refractivity contribution in [3.63, 3.8) is 0 Å². The molecule has 0 radical (unpaired) electrons. The average Bonchev–Trinajstić information content (AvgIpc) is 3.33. The fourth-order valence-electron chi connectivity index (χ4n) is 3.99. The second kappa shape index (κ2) is 9.49. The lowest BCUT2D eigenvalue weighted by atomic mass is 10.1. The highest BCUT2D eigenvalue weighted by atomic mass is 32.1. The number of amides is 1. The average molecular weight is 446 g/mol. The van der Waals surface area contributed by atoms with Gasteiger partial charge in [0, 0.05) is 11.9 Å². The van der Waals surface area contributed by atoms with Gasteiger partial charge in [0.2, 0.25) is 5.91 Å². The Morgan fingerprint density at radius 2 is 1.81 bits per heavy atom. The van der Waals surface area contributed by atoms with E-state index in [4.69, 9.17) is 4.98 Å². The number of thiophene rings is 1. The van der Waals surface area contributed by atoms with Crippen molar-refractivity contribution in [2.75, 3.05) is 7.05 Å². The van der Waals surface area contributed by atoms with E-state index in [-0.39, 0.29) is 17.5 Å². The smallest absolute Gasteiger partial charge is 0.266 e. The van der Waals surface area contributed by atoms with E-state index in [9.17, 15) is 9.59 Å². The topological polar surface area (TPSA) is 55.2 Å². The van der Waals surface area contributed by atoms with Crippen LogP contribution in [0.4, 0.5) is 0 Å². The molecule has 0 aliphatic heterocycles. The molecule has 1 unspecified atom stereocenters. The Labute approximate surface area is 192 Å². The molecule has 4 rings (SSSR count). The zero-order valence-electron chi connectivity index (χ0n) is 18.6. The van der Waals surface area contributed by atoms with Crippen LogP contribution in [-0.4, -0.2) is 27.4 Å². The maximum Gasteiger partial charge on any atom is 0.266 e. The lowest BCUT2D eigenvalue weighted by molar-refractivity contribution is -0.131. The molecular weight excluding hydrogens is 418 g/mol. The third-order valence-electron chi connectivity index (χ3n) is 5.86. The van der Waals surface area contributed by atoms with Crippen molar-refractivity contribution in [3.05, 3.63) is 92.7 Å². The Hall–Kier alpha value is -3.25. The van der Waals surface area contributed by atoms with Gasteiger partial charge in [0.05, 0.1) is 29.1 Å². The first kappa shape index (κ1) is 22.0. The van der Waals surface area contributed by atoms with Gasteiger partial charge in [-0.2, -0.15) is 0 Å². The number of rotatable bonds is 7. The van der Waals surface area contributed by atoms with Crippen molar-refractivity contribution in [2.45, 2.75) is 39.2 Å². The predicted molar refractivity (Wildman–Crippen MR) is 131 cm³/mol. The molecule has 2 aromatic carbocycles. The molecule has 0 aliphatic carbocycles. The first-order valence-corrected chi connectivity index (χ1v) is 11.8. The number of benzene rings is 2. The molecule has 164 valence electrons. The van der Waals surface area contributed by atoms with Gasteiger partial charge in [0.25, 0.3) is 5.56 Å². The van der Waals surface area contributed by atoms with Gasteiger partial charge in [0.15, 0.2) is 0 Å². The molecule has 2 aromatic heterocycles. The van der Waals surface area contributed by atoms with Crippen LogP contribution in [0.2, 0.25) is 0 Å². The first-order valence-electron chi connectivity index (χ1n) is 10.9. The lowest BCUT2D eigenvalue weighted by Gasteiger charge is -2.29. The van der Waals surface area contributed by atoms with Crippen molar-refractivity contribution >= 4 is 28.1 Å². The molecule has 1 amide bonds. The van der Waals surface area contributed by atoms with Crippen molar-refractivity contribution in [1.82, 2.24) is 14.5 Å². The molecule has 0 saturated heterocycles. The maximum absolute atomic E-state index is 13.6. The van der Waals surface area contributed by atoms with Crippen molar-refractivity contribution in [3.8, 4) is 5.69 Å². The molecule has 32 heavy (non-hydrogen) atoms. The molecule has 2 heterocycles. The fourth-order valence-corrected chi connectivity index (χ4v) is 4.69. The van der Waals surface area contributed by atoms with Gasteiger partial charge < -0.3 is 4.90 Å². The summed E-state index contributed by atoms with van der Waals surface area (Å²) in [6.45, 7) is 4.12. The summed E-state index contributed by atoms with van der Waals surface area (Å²) in [6, 6.07) is 19.0. The number of fused-ring (bicyclic) bond motifs is 1. The van der Waals surface area contributed by atoms with E-state index in [2.05, 4.69) is 6.92 Å². The molecular formula is C26H27N3O2S. The van der Waals surface area contributed by atoms with Gasteiger partial charge in [-0.25, -0.2) is 4.98 Å². The highest BCUT2D eigenvalue weighted by molar-refractivity contribution is 7.10. The SMILES string of the molecule is CCc1ccc(-n2c(C(CC)N(C)C(=O)Cc3cccs3)nc3ccccc3c2=O)cc1. The van der Waals surface area contributed by atoms with Crippen LogP contribution in [0.3, 0.4) is 0 Å². The van der Waals surface area contributed by atoms with E-state index in [1.165, 1.54) is 5.56 Å². The van der Waals surface area contributed by atoms with E-state index >= 15 is 0 Å². The van der Waals surface area contributed by atoms with Crippen LogP contribution in [0.1, 0.15) is 42.6 Å². The summed E-state index contributed by atoms with van der Waals surface area (Å²) in [5.74, 6) is 0.595. The quantitative estimate of drug-likeness (QED) is 0.395. The number of likely N-dealkylation sites (N-methyl/N-ethyl adjacent to an activating group) is 1. The Morgan fingerprint density at radius 3 is 2.47 bits per heavy atom. The summed E-state index contributed by atoms with van der Waals surface area (Å²) in [5.41, 5.74) is 2.49. The summed E-state index contributed by atoms with van der Waals surface area (Å²) < 4.78 is 1.67. The predicted octanol–water partition coefficient (Wildman–Crippen LogP) is 5.16. The minimum absolute atomic E-state index is 0.00888. The molecule has 6 heteroatoms. The van der Waals surface area contributed by atoms with E-state index < -0.39 is 0 Å². The molecule has 0 N–H and O–H groups in total. The van der Waals surface area contributed by atoms with Crippen LogP contribution in [-0.2, 0) is 17.6 Å². The molecule has 4 aromatic rings. The highest BCUT2D eigenvalue weighted by Gasteiger charge is 2.26. The zero-order valence-corrected chi connectivity index (χ0v) is 19.4. The largest absolute Gasteiger partial charge is 0.335 e. The third kappa shape index (κ3) is 4.23. The molecule has 0 bridgehead atoms. The second-order valence-electron chi connectivity index (χ2n) is 7.83. The number of nitrogens with zero attached hydrogens (tertiary/aromatic N) is 3. The van der Waals surface area contributed by atoms with Gasteiger partial charge in [-0.3, -0.25) is 14.2 Å². The van der Waals surface area contributed by atoms with Crippen LogP contribution in [0, 0.1) is 0 Å². The van der Waals surface area contributed by atoms with Crippen molar-refractivity contribution in [1.29, 1.82) is 0 Å². The number of hydrogen-bond donors (Lipinski definition) is 0. The van der Waals surface area contributed by atoms with E-state index in [0.717, 1.165) is 17.0 Å². The molecule has 0 aliphatic rings. The highest BCUT2D eigenvalue weighted by Crippen LogP contribution is 2.26. The van der Waals surface area contributed by atoms with Gasteiger partial charge in [-0.15, -0.1) is 11.3 Å². The second-order valence-corrected chi connectivity index (χ2v) is 8.86. The van der Waals surface area contributed by atoms with E-state index in [1.54, 1.807) is 33.9 Å². The Balaban J connectivity index is 1.84. The third-order valence-corrected chi connectivity index (χ3v) is 6.73. The van der Waals surface area contributed by atoms with Crippen molar-refractivity contribution < 1.29 is 4.79 Å². The van der Waals surface area contributed by atoms with E-state index in [0.29, 0.717) is 29.6 Å². The normalized spacial score (nSPS) is 12.1. The Morgan fingerprint density at radius 1 is 1.06 bits per heavy atom. The van der Waals surface area contributed by atoms with Crippen LogP contribution in [0.5, 0.6) is 0 Å². The Kier molecular flexibility index (Phi) is 6.51. The fraction of sp³-hybridized carbons (Fsp3) is 0.269. The summed E-state index contributed by atoms with van der Waals surface area (Å²) >= 11 is 1.57. The molecule has 1 atom stereocenters. The summed E-state index contributed by atoms with van der Waals surface area (Å²) in [4.78, 5) is 34.3. The van der Waals surface area contributed by atoms with Crippen molar-refractivity contribution in [2.24, 2.45) is 0 Å². The standard InChI is InChI=1S/C26H27N3O2S/c1-4-18-12-14-19(15-13-18)29-25(27-22-11-7-6-10-21(22)26(29)31)23(5-2)28(3)24(30)17-20-9-8-16-32-20/h6-16,23H,4-5,17H2,1-3H3. The lowest BCUT2D eigenvalue weighted by Crippen LogP contribution is -2.36. The number of carbonyl (C=O) groups is 1. The number of aromatic nitrogens is 2. The number of hydrogen-bond acceptors (Lipinski definition) is 4. The molecule has 0 fully saturated rings. The summed E-state index contributed by atoms with van der Waals surface area (Å²) in [6.07, 6.45) is 1.91. The van der Waals surface area contributed by atoms with Crippen LogP contribution >= 0.6 is 11.3 Å². The zero-order chi connectivity index (χ0) is 22.7. The van der Waals surface area contributed by atoms with Gasteiger partial charge in [0.1, 0.15) is 5.82 Å². The van der Waals surface area contributed by atoms with Crippen LogP contribution < -0.4 is 5.56 Å². The first-order chi connectivity index (χ1) is 15.5. The minimum atomic E-state index is -0.328. The number of para-hydroxylation sites is 1. The van der Waals surface area contributed by atoms with Crippen LogP contribution in [0.25, 0.3) is 16.6 Å². The number of aryl methyl sites for hydroxylation is 1.